The van der Waals surface area contributed by atoms with E-state index < -0.39 is 0 Å². The van der Waals surface area contributed by atoms with Crippen LogP contribution >= 0.6 is 0 Å². The minimum absolute atomic E-state index is 0.268. The molecular formula is C15H16O2. The molecule has 0 bridgehead atoms. The largest absolute Gasteiger partial charge is 0.455 e. The van der Waals surface area contributed by atoms with Crippen molar-refractivity contribution in [3.8, 4) is 12.3 Å². The lowest BCUT2D eigenvalue weighted by Crippen LogP contribution is -2.15. The number of carbonyl (C=O) groups excluding carboxylic acids is 1. The van der Waals surface area contributed by atoms with Crippen molar-refractivity contribution in [2.45, 2.75) is 25.4 Å². The molecule has 1 rings (SSSR count). The molecule has 0 radical (unpaired) electrons. The highest BCUT2D eigenvalue weighted by Crippen LogP contribution is 2.09. The molecule has 2 nitrogen and oxygen atoms in total. The van der Waals surface area contributed by atoms with Gasteiger partial charge in [-0.1, -0.05) is 30.9 Å². The molecule has 1 aromatic rings. The summed E-state index contributed by atoms with van der Waals surface area (Å²) in [5.41, 5.74) is 0.552. The lowest BCUT2D eigenvalue weighted by atomic mass is 10.1. The fourth-order valence-corrected chi connectivity index (χ4v) is 1.41. The Morgan fingerprint density at radius 2 is 2.18 bits per heavy atom. The second-order valence-electron chi connectivity index (χ2n) is 3.64. The molecule has 0 amide bonds. The monoisotopic (exact) mass is 228 g/mol. The molecule has 0 heterocycles. The lowest BCUT2D eigenvalue weighted by molar-refractivity contribution is 0.0378. The third-order valence-corrected chi connectivity index (χ3v) is 2.34. The van der Waals surface area contributed by atoms with E-state index >= 15 is 0 Å². The van der Waals surface area contributed by atoms with E-state index in [0.29, 0.717) is 18.4 Å². The first kappa shape index (κ1) is 13.1. The summed E-state index contributed by atoms with van der Waals surface area (Å²) < 4.78 is 5.31. The molecule has 0 saturated carbocycles. The summed E-state index contributed by atoms with van der Waals surface area (Å²) in [6.45, 7) is 3.66. The molecule has 0 N–H and O–H groups in total. The van der Waals surface area contributed by atoms with Crippen LogP contribution in [-0.2, 0) is 4.74 Å². The van der Waals surface area contributed by atoms with Crippen molar-refractivity contribution in [2.24, 2.45) is 0 Å². The number of esters is 1. The molecule has 0 aromatic heterocycles. The van der Waals surface area contributed by atoms with Crippen LogP contribution in [0.4, 0.5) is 0 Å². The molecule has 0 saturated heterocycles. The molecule has 1 aromatic carbocycles. The standard InChI is InChI=1S/C15H16O2/c1-3-5-7-12-14(4-2)17-15(16)13-10-8-6-9-11-13/h1,4,6,8-11,14H,2,5,7,12H2. The Kier molecular flexibility index (Phi) is 5.60. The Morgan fingerprint density at radius 1 is 1.47 bits per heavy atom. The molecule has 0 fully saturated rings. The van der Waals surface area contributed by atoms with Gasteiger partial charge in [-0.05, 0) is 25.0 Å². The summed E-state index contributed by atoms with van der Waals surface area (Å²) in [5, 5.41) is 0. The van der Waals surface area contributed by atoms with Gasteiger partial charge in [0.15, 0.2) is 0 Å². The first-order valence-corrected chi connectivity index (χ1v) is 5.60. The van der Waals surface area contributed by atoms with E-state index in [4.69, 9.17) is 11.2 Å². The Balaban J connectivity index is 2.49. The van der Waals surface area contributed by atoms with Crippen LogP contribution in [0.15, 0.2) is 43.0 Å². The van der Waals surface area contributed by atoms with Gasteiger partial charge in [-0.3, -0.25) is 0 Å². The number of rotatable bonds is 6. The van der Waals surface area contributed by atoms with Crippen molar-refractivity contribution in [3.05, 3.63) is 48.6 Å². The smallest absolute Gasteiger partial charge is 0.338 e. The van der Waals surface area contributed by atoms with E-state index in [0.717, 1.165) is 6.42 Å². The third-order valence-electron chi connectivity index (χ3n) is 2.34. The molecule has 0 aliphatic heterocycles. The van der Waals surface area contributed by atoms with Crippen LogP contribution in [0.1, 0.15) is 29.6 Å². The van der Waals surface area contributed by atoms with Crippen LogP contribution in [0, 0.1) is 12.3 Å². The van der Waals surface area contributed by atoms with Gasteiger partial charge in [-0.15, -0.1) is 12.3 Å². The van der Waals surface area contributed by atoms with E-state index in [9.17, 15) is 4.79 Å². The van der Waals surface area contributed by atoms with Crippen molar-refractivity contribution in [3.63, 3.8) is 0 Å². The normalized spacial score (nSPS) is 11.2. The maximum Gasteiger partial charge on any atom is 0.338 e. The highest BCUT2D eigenvalue weighted by molar-refractivity contribution is 5.89. The van der Waals surface area contributed by atoms with Gasteiger partial charge >= 0.3 is 5.97 Å². The van der Waals surface area contributed by atoms with Crippen LogP contribution in [0.3, 0.4) is 0 Å². The molecule has 1 unspecified atom stereocenters. The Hall–Kier alpha value is -2.01. The molecular weight excluding hydrogens is 212 g/mol. The SMILES string of the molecule is C#CCCCC(C=C)OC(=O)c1ccccc1. The molecule has 17 heavy (non-hydrogen) atoms. The zero-order valence-electron chi connectivity index (χ0n) is 9.76. The second-order valence-corrected chi connectivity index (χ2v) is 3.64. The van der Waals surface area contributed by atoms with Crippen molar-refractivity contribution in [2.75, 3.05) is 0 Å². The lowest BCUT2D eigenvalue weighted by Gasteiger charge is -2.13. The molecule has 0 spiro atoms. The molecule has 1 atom stereocenters. The molecule has 2 heteroatoms. The Bertz CT molecular complexity index is 401. The number of hydrogen-bond acceptors (Lipinski definition) is 2. The van der Waals surface area contributed by atoms with Gasteiger partial charge in [-0.2, -0.15) is 0 Å². The molecule has 0 aliphatic carbocycles. The van der Waals surface area contributed by atoms with Gasteiger partial charge < -0.3 is 4.74 Å². The maximum atomic E-state index is 11.7. The predicted octanol–water partition coefficient (Wildman–Crippen LogP) is 3.20. The zero-order chi connectivity index (χ0) is 12.5. The minimum Gasteiger partial charge on any atom is -0.455 e. The number of unbranched alkanes of at least 4 members (excludes halogenated alkanes) is 1. The number of hydrogen-bond donors (Lipinski definition) is 0. The summed E-state index contributed by atoms with van der Waals surface area (Å²) in [6.07, 6.45) is 8.76. The van der Waals surface area contributed by atoms with Crippen molar-refractivity contribution < 1.29 is 9.53 Å². The van der Waals surface area contributed by atoms with E-state index in [-0.39, 0.29) is 12.1 Å². The van der Waals surface area contributed by atoms with Gasteiger partial charge in [0.2, 0.25) is 0 Å². The predicted molar refractivity (Wildman–Crippen MR) is 68.5 cm³/mol. The number of terminal acetylenes is 1. The maximum absolute atomic E-state index is 11.7. The van der Waals surface area contributed by atoms with E-state index in [1.165, 1.54) is 0 Å². The summed E-state index contributed by atoms with van der Waals surface area (Å²) in [6, 6.07) is 8.91. The fraction of sp³-hybridized carbons (Fsp3) is 0.267. The summed E-state index contributed by atoms with van der Waals surface area (Å²) in [7, 11) is 0. The van der Waals surface area contributed by atoms with Crippen molar-refractivity contribution >= 4 is 5.97 Å². The van der Waals surface area contributed by atoms with E-state index in [2.05, 4.69) is 12.5 Å². The van der Waals surface area contributed by atoms with Gasteiger partial charge in [-0.25, -0.2) is 4.79 Å². The van der Waals surface area contributed by atoms with Gasteiger partial charge in [0.1, 0.15) is 6.10 Å². The average Bonchev–Trinajstić information content (AvgIpc) is 2.38. The highest BCUT2D eigenvalue weighted by Gasteiger charge is 2.12. The molecule has 0 aliphatic rings. The van der Waals surface area contributed by atoms with Crippen LogP contribution < -0.4 is 0 Å². The van der Waals surface area contributed by atoms with Gasteiger partial charge in [0.05, 0.1) is 5.56 Å². The van der Waals surface area contributed by atoms with Crippen molar-refractivity contribution in [1.82, 2.24) is 0 Å². The van der Waals surface area contributed by atoms with E-state index in [1.807, 2.05) is 6.07 Å². The first-order valence-electron chi connectivity index (χ1n) is 5.60. The number of carbonyl (C=O) groups is 1. The van der Waals surface area contributed by atoms with E-state index in [1.54, 1.807) is 30.3 Å². The second kappa shape index (κ2) is 7.29. The summed E-state index contributed by atoms with van der Waals surface area (Å²) >= 11 is 0. The summed E-state index contributed by atoms with van der Waals surface area (Å²) in [5.74, 6) is 2.23. The third kappa shape index (κ3) is 4.56. The van der Waals surface area contributed by atoms with Crippen LogP contribution in [-0.4, -0.2) is 12.1 Å². The van der Waals surface area contributed by atoms with Gasteiger partial charge in [0.25, 0.3) is 0 Å². The Labute approximate surface area is 102 Å². The van der Waals surface area contributed by atoms with Crippen LogP contribution in [0.2, 0.25) is 0 Å². The Morgan fingerprint density at radius 3 is 2.76 bits per heavy atom. The first-order chi connectivity index (χ1) is 8.27. The van der Waals surface area contributed by atoms with Crippen LogP contribution in [0.5, 0.6) is 0 Å². The highest BCUT2D eigenvalue weighted by atomic mass is 16.5. The number of benzene rings is 1. The number of ether oxygens (including phenoxy) is 1. The topological polar surface area (TPSA) is 26.3 Å². The van der Waals surface area contributed by atoms with Crippen molar-refractivity contribution in [1.29, 1.82) is 0 Å². The zero-order valence-corrected chi connectivity index (χ0v) is 9.76. The van der Waals surface area contributed by atoms with Crippen LogP contribution in [0.25, 0.3) is 0 Å². The average molecular weight is 228 g/mol. The fourth-order valence-electron chi connectivity index (χ4n) is 1.41. The summed E-state index contributed by atoms with van der Waals surface area (Å²) in [4.78, 5) is 11.7. The minimum atomic E-state index is -0.323. The van der Waals surface area contributed by atoms with Gasteiger partial charge in [0, 0.05) is 6.42 Å². The molecule has 88 valence electrons. The quantitative estimate of drug-likeness (QED) is 0.323.